The lowest BCUT2D eigenvalue weighted by molar-refractivity contribution is -0.0435. The summed E-state index contributed by atoms with van der Waals surface area (Å²) in [6.07, 6.45) is 1.77. The first-order valence-electron chi connectivity index (χ1n) is 10.4. The molecule has 0 bridgehead atoms. The first-order valence-corrected chi connectivity index (χ1v) is 12.2. The molecular weight excluding hydrogens is 495 g/mol. The van der Waals surface area contributed by atoms with E-state index in [2.05, 4.69) is 14.4 Å². The van der Waals surface area contributed by atoms with Gasteiger partial charge in [-0.25, -0.2) is 22.0 Å². The Balaban J connectivity index is 1.68. The minimum Gasteiger partial charge on any atom is -0.378 e. The van der Waals surface area contributed by atoms with Crippen molar-refractivity contribution in [1.29, 1.82) is 0 Å². The van der Waals surface area contributed by atoms with E-state index in [1.807, 2.05) is 6.07 Å². The van der Waals surface area contributed by atoms with Gasteiger partial charge in [0.15, 0.2) is 5.92 Å². The maximum Gasteiger partial charge on any atom is 0.476 e. The fourth-order valence-corrected chi connectivity index (χ4v) is 4.36. The van der Waals surface area contributed by atoms with E-state index < -0.39 is 64.4 Å². The van der Waals surface area contributed by atoms with Gasteiger partial charge in [-0.3, -0.25) is 4.98 Å². The van der Waals surface area contributed by atoms with Crippen molar-refractivity contribution in [2.75, 3.05) is 26.0 Å². The van der Waals surface area contributed by atoms with Crippen molar-refractivity contribution in [3.63, 3.8) is 0 Å². The lowest BCUT2D eigenvalue weighted by atomic mass is 9.88. The summed E-state index contributed by atoms with van der Waals surface area (Å²) in [7, 11) is -3.91. The van der Waals surface area contributed by atoms with E-state index in [1.54, 1.807) is 6.92 Å². The largest absolute Gasteiger partial charge is 0.476 e. The number of benzene rings is 1. The van der Waals surface area contributed by atoms with Gasteiger partial charge in [0, 0.05) is 18.3 Å². The number of hydrogen-bond donors (Lipinski definition) is 0. The molecule has 1 aromatic heterocycles. The molecule has 0 spiro atoms. The molecule has 4 rings (SSSR count). The molecule has 35 heavy (non-hydrogen) atoms. The molecule has 2 aliphatic heterocycles. The second kappa shape index (κ2) is 8.75. The molecule has 0 aliphatic carbocycles. The van der Waals surface area contributed by atoms with Gasteiger partial charge in [-0.15, -0.1) is 8.42 Å². The van der Waals surface area contributed by atoms with Crippen LogP contribution >= 0.6 is 0 Å². The smallest absolute Gasteiger partial charge is 0.378 e. The molecule has 0 amide bonds. The van der Waals surface area contributed by atoms with Crippen LogP contribution in [0, 0.1) is 30.5 Å². The quantitative estimate of drug-likeness (QED) is 0.576. The third-order valence-corrected chi connectivity index (χ3v) is 6.16. The second-order valence-electron chi connectivity index (χ2n) is 8.56. The van der Waals surface area contributed by atoms with Crippen molar-refractivity contribution in [2.24, 2.45) is 11.1 Å². The number of aromatic nitrogens is 1. The van der Waals surface area contributed by atoms with E-state index in [0.29, 0.717) is 5.56 Å². The summed E-state index contributed by atoms with van der Waals surface area (Å²) in [6.45, 7) is -0.828. The number of aryl methyl sites for hydroxylation is 1. The normalized spacial score (nSPS) is 23.5. The van der Waals surface area contributed by atoms with Gasteiger partial charge in [-0.2, -0.15) is 0 Å². The maximum absolute atomic E-state index is 14.6. The monoisotopic (exact) mass is 515 g/mol. The number of nitrogens with zero attached hydrogens (tertiary/aromatic N) is 4. The SMILES string of the molecule is Cc1cnc(C2(CF)CC(N3CC(C#[N+]S(C)(=O)=O)C(F)(F)C3)=NO2)c(-c2c(F)cccc2F)c1. The van der Waals surface area contributed by atoms with E-state index in [-0.39, 0.29) is 23.5 Å². The Labute approximate surface area is 198 Å². The van der Waals surface area contributed by atoms with Gasteiger partial charge in [0.1, 0.15) is 30.4 Å². The van der Waals surface area contributed by atoms with Crippen LogP contribution in [0.2, 0.25) is 0 Å². The van der Waals surface area contributed by atoms with Crippen LogP contribution in [-0.4, -0.2) is 56.1 Å². The van der Waals surface area contributed by atoms with Crippen LogP contribution in [0.4, 0.5) is 22.0 Å². The Morgan fingerprint density at radius 2 is 1.97 bits per heavy atom. The third-order valence-electron chi connectivity index (χ3n) is 5.73. The molecule has 1 fully saturated rings. The Morgan fingerprint density at radius 1 is 1.29 bits per heavy atom. The highest BCUT2D eigenvalue weighted by atomic mass is 32.2. The second-order valence-corrected chi connectivity index (χ2v) is 10.2. The predicted octanol–water partition coefficient (Wildman–Crippen LogP) is 4.09. The number of alkyl halides is 3. The number of sulfonamides is 1. The van der Waals surface area contributed by atoms with E-state index in [1.165, 1.54) is 18.3 Å². The highest BCUT2D eigenvalue weighted by molar-refractivity contribution is 7.92. The summed E-state index contributed by atoms with van der Waals surface area (Å²) >= 11 is 0. The minimum absolute atomic E-state index is 0.0479. The van der Waals surface area contributed by atoms with Crippen molar-refractivity contribution < 1.29 is 35.2 Å². The molecule has 7 nitrogen and oxygen atoms in total. The van der Waals surface area contributed by atoms with Crippen LogP contribution in [0.5, 0.6) is 0 Å². The Morgan fingerprint density at radius 3 is 2.60 bits per heavy atom. The van der Waals surface area contributed by atoms with Gasteiger partial charge in [0.05, 0.1) is 28.5 Å². The van der Waals surface area contributed by atoms with Crippen LogP contribution in [0.15, 0.2) is 35.6 Å². The van der Waals surface area contributed by atoms with Gasteiger partial charge < -0.3 is 9.74 Å². The van der Waals surface area contributed by atoms with Crippen molar-refractivity contribution in [3.8, 4) is 17.2 Å². The molecule has 13 heteroatoms. The van der Waals surface area contributed by atoms with Crippen LogP contribution in [-0.2, 0) is 20.5 Å². The average Bonchev–Trinajstić information content (AvgIpc) is 3.33. The molecule has 2 aromatic rings. The van der Waals surface area contributed by atoms with Crippen molar-refractivity contribution in [2.45, 2.75) is 24.9 Å². The van der Waals surface area contributed by atoms with E-state index in [9.17, 15) is 30.4 Å². The van der Waals surface area contributed by atoms with Crippen molar-refractivity contribution in [3.05, 3.63) is 57.6 Å². The Bertz CT molecular complexity index is 1350. The van der Waals surface area contributed by atoms with Gasteiger partial charge in [-0.1, -0.05) is 11.2 Å². The number of hydrogen-bond acceptors (Lipinski definition) is 6. The lowest BCUT2D eigenvalue weighted by Crippen LogP contribution is -2.36. The summed E-state index contributed by atoms with van der Waals surface area (Å²) in [5.41, 5.74) is -1.98. The highest BCUT2D eigenvalue weighted by Gasteiger charge is 2.55. The summed E-state index contributed by atoms with van der Waals surface area (Å²) in [5.74, 6) is -6.88. The summed E-state index contributed by atoms with van der Waals surface area (Å²) in [6, 6.07) is 6.67. The van der Waals surface area contributed by atoms with Crippen LogP contribution in [0.1, 0.15) is 17.7 Å². The maximum atomic E-state index is 14.6. The average molecular weight is 515 g/mol. The number of rotatable bonds is 3. The molecule has 186 valence electrons. The fraction of sp³-hybridized carbons (Fsp3) is 0.409. The molecule has 2 aliphatic rings. The minimum atomic E-state index is -3.91. The summed E-state index contributed by atoms with van der Waals surface area (Å²) < 4.78 is 98.1. The topological polar surface area (TPSA) is 76.2 Å². The molecule has 2 atom stereocenters. The Kier molecular flexibility index (Phi) is 6.21. The van der Waals surface area contributed by atoms with E-state index >= 15 is 0 Å². The molecule has 0 saturated carbocycles. The van der Waals surface area contributed by atoms with Crippen LogP contribution in [0.25, 0.3) is 15.4 Å². The fourth-order valence-electron chi connectivity index (χ4n) is 4.04. The molecule has 1 saturated heterocycles. The van der Waals surface area contributed by atoms with Crippen LogP contribution in [0.3, 0.4) is 0 Å². The van der Waals surface area contributed by atoms with Crippen molar-refractivity contribution >= 4 is 15.9 Å². The predicted molar refractivity (Wildman–Crippen MR) is 117 cm³/mol. The third kappa shape index (κ3) is 4.80. The number of amidine groups is 1. The van der Waals surface area contributed by atoms with Gasteiger partial charge in [0.2, 0.25) is 5.60 Å². The summed E-state index contributed by atoms with van der Waals surface area (Å²) in [4.78, 5) is 10.7. The zero-order chi connectivity index (χ0) is 25.6. The first-order chi connectivity index (χ1) is 16.3. The molecule has 1 aromatic carbocycles. The Hall–Kier alpha value is -3.27. The summed E-state index contributed by atoms with van der Waals surface area (Å²) in [5, 5.41) is 3.79. The number of oxime groups is 1. The van der Waals surface area contributed by atoms with Gasteiger partial charge >= 0.3 is 16.1 Å². The number of likely N-dealkylation sites (tertiary alicyclic amines) is 1. The highest BCUT2D eigenvalue weighted by Crippen LogP contribution is 2.43. The molecule has 2 unspecified atom stereocenters. The zero-order valence-electron chi connectivity index (χ0n) is 18.6. The number of pyridine rings is 1. The molecule has 0 radical (unpaired) electrons. The molecule has 3 heterocycles. The molecule has 0 N–H and O–H groups in total. The number of halogens is 5. The van der Waals surface area contributed by atoms with Gasteiger partial charge in [-0.05, 0) is 30.7 Å². The zero-order valence-corrected chi connectivity index (χ0v) is 19.4. The molecular formula is C22H20F5N4O3S+. The van der Waals surface area contributed by atoms with Crippen LogP contribution < -0.4 is 0 Å². The standard InChI is InChI=1S/C22H20F5N4O3S/c1-13-6-15(19-16(24)4-3-5-17(19)25)20(28-8-13)21(11-23)7-18(30-34-21)31-10-14(22(26,27)12-31)9-29-35(2,32)33/h3-6,8,14H,7,10-12H2,1-2H3/q+1. The lowest BCUT2D eigenvalue weighted by Gasteiger charge is -2.26. The van der Waals surface area contributed by atoms with E-state index in [0.717, 1.165) is 23.3 Å². The first kappa shape index (κ1) is 24.8. The van der Waals surface area contributed by atoms with E-state index in [4.69, 9.17) is 4.84 Å². The van der Waals surface area contributed by atoms with Crippen molar-refractivity contribution in [1.82, 2.24) is 9.88 Å². The van der Waals surface area contributed by atoms with Gasteiger partial charge in [0.25, 0.3) is 5.92 Å².